The van der Waals surface area contributed by atoms with Crippen LogP contribution in [0.2, 0.25) is 0 Å². The average Bonchev–Trinajstić information content (AvgIpc) is 2.53. The summed E-state index contributed by atoms with van der Waals surface area (Å²) in [7, 11) is 1.40. The molecule has 0 spiro atoms. The number of fused-ring (bicyclic) bond motifs is 1. The molecule has 2 aromatic carbocycles. The number of nitrogens with one attached hydrogen (secondary N) is 1. The van der Waals surface area contributed by atoms with Gasteiger partial charge in [-0.25, -0.2) is 0 Å². The van der Waals surface area contributed by atoms with Crippen LogP contribution in [0.5, 0.6) is 11.5 Å². The van der Waals surface area contributed by atoms with Crippen molar-refractivity contribution in [2.24, 2.45) is 0 Å². The molecule has 4 nitrogen and oxygen atoms in total. The monoisotopic (exact) mass is 335 g/mol. The zero-order valence-electron chi connectivity index (χ0n) is 12.4. The molecular weight excluding hydrogens is 323 g/mol. The van der Waals surface area contributed by atoms with Gasteiger partial charge in [0.05, 0.1) is 23.6 Å². The standard InChI is InChI=1S/C17H12F3NO3/c1-24-11-6-13-16(14(22)7-11)15(23)8-12(21-13)9-3-2-4-10(5-9)17(18,19)20/h2-8,22H,1H3,(H,21,23). The SMILES string of the molecule is COc1cc(O)c2c(=O)cc(-c3cccc(C(F)(F)F)c3)[nH]c2c1. The van der Waals surface area contributed by atoms with Crippen molar-refractivity contribution in [1.29, 1.82) is 0 Å². The molecular formula is C17H12F3NO3. The van der Waals surface area contributed by atoms with E-state index in [-0.39, 0.29) is 27.9 Å². The van der Waals surface area contributed by atoms with E-state index >= 15 is 0 Å². The number of phenols is 1. The van der Waals surface area contributed by atoms with Crippen LogP contribution in [0.4, 0.5) is 13.2 Å². The summed E-state index contributed by atoms with van der Waals surface area (Å²) >= 11 is 0. The van der Waals surface area contributed by atoms with Gasteiger partial charge in [-0.1, -0.05) is 12.1 Å². The Kier molecular flexibility index (Phi) is 3.71. The van der Waals surface area contributed by atoms with Crippen LogP contribution >= 0.6 is 0 Å². The lowest BCUT2D eigenvalue weighted by Crippen LogP contribution is -2.06. The number of halogens is 3. The number of hydrogen-bond acceptors (Lipinski definition) is 3. The fourth-order valence-electron chi connectivity index (χ4n) is 2.48. The van der Waals surface area contributed by atoms with Crippen molar-refractivity contribution in [1.82, 2.24) is 4.98 Å². The number of alkyl halides is 3. The van der Waals surface area contributed by atoms with E-state index in [1.165, 1.54) is 31.4 Å². The summed E-state index contributed by atoms with van der Waals surface area (Å²) in [4.78, 5) is 15.1. The van der Waals surface area contributed by atoms with Crippen molar-refractivity contribution in [2.45, 2.75) is 6.18 Å². The van der Waals surface area contributed by atoms with Gasteiger partial charge in [-0.3, -0.25) is 4.79 Å². The molecule has 0 saturated heterocycles. The quantitative estimate of drug-likeness (QED) is 0.746. The predicted molar refractivity (Wildman–Crippen MR) is 83.2 cm³/mol. The van der Waals surface area contributed by atoms with Gasteiger partial charge < -0.3 is 14.8 Å². The van der Waals surface area contributed by atoms with Crippen molar-refractivity contribution in [3.8, 4) is 22.8 Å². The first-order valence-corrected chi connectivity index (χ1v) is 6.91. The Morgan fingerprint density at radius 2 is 1.88 bits per heavy atom. The van der Waals surface area contributed by atoms with E-state index < -0.39 is 17.2 Å². The second-order valence-corrected chi connectivity index (χ2v) is 5.19. The minimum absolute atomic E-state index is 0.0477. The number of aromatic amines is 1. The minimum Gasteiger partial charge on any atom is -0.507 e. The van der Waals surface area contributed by atoms with Crippen molar-refractivity contribution in [2.75, 3.05) is 7.11 Å². The molecule has 0 aliphatic rings. The third-order valence-electron chi connectivity index (χ3n) is 3.62. The number of aromatic nitrogens is 1. The van der Waals surface area contributed by atoms with Crippen LogP contribution in [0.15, 0.2) is 47.3 Å². The van der Waals surface area contributed by atoms with Crippen LogP contribution in [-0.4, -0.2) is 17.2 Å². The van der Waals surface area contributed by atoms with Gasteiger partial charge in [-0.05, 0) is 17.7 Å². The molecule has 24 heavy (non-hydrogen) atoms. The largest absolute Gasteiger partial charge is 0.507 e. The Bertz CT molecular complexity index is 977. The molecule has 0 atom stereocenters. The minimum atomic E-state index is -4.48. The highest BCUT2D eigenvalue weighted by Crippen LogP contribution is 2.33. The molecule has 124 valence electrons. The van der Waals surface area contributed by atoms with Gasteiger partial charge >= 0.3 is 6.18 Å². The number of H-pyrrole nitrogens is 1. The summed E-state index contributed by atoms with van der Waals surface area (Å²) in [5.41, 5.74) is -0.616. The highest BCUT2D eigenvalue weighted by Gasteiger charge is 2.30. The number of phenolic OH excluding ortho intramolecular Hbond substituents is 1. The molecule has 0 amide bonds. The Hall–Kier alpha value is -2.96. The second kappa shape index (κ2) is 5.59. The number of aromatic hydroxyl groups is 1. The Morgan fingerprint density at radius 1 is 1.12 bits per heavy atom. The Labute approximate surface area is 134 Å². The smallest absolute Gasteiger partial charge is 0.416 e. The molecule has 0 radical (unpaired) electrons. The van der Waals surface area contributed by atoms with Gasteiger partial charge in [-0.15, -0.1) is 0 Å². The number of methoxy groups -OCH3 is 1. The molecule has 1 aromatic heterocycles. The lowest BCUT2D eigenvalue weighted by Gasteiger charge is -2.10. The molecule has 0 saturated carbocycles. The van der Waals surface area contributed by atoms with Gasteiger partial charge in [-0.2, -0.15) is 13.2 Å². The first-order chi connectivity index (χ1) is 11.3. The van der Waals surface area contributed by atoms with E-state index in [1.54, 1.807) is 0 Å². The molecule has 3 aromatic rings. The van der Waals surface area contributed by atoms with E-state index in [2.05, 4.69) is 4.98 Å². The van der Waals surface area contributed by atoms with Crippen LogP contribution in [0.3, 0.4) is 0 Å². The topological polar surface area (TPSA) is 62.3 Å². The van der Waals surface area contributed by atoms with Crippen molar-refractivity contribution >= 4 is 10.9 Å². The lowest BCUT2D eigenvalue weighted by molar-refractivity contribution is -0.137. The highest BCUT2D eigenvalue weighted by atomic mass is 19.4. The van der Waals surface area contributed by atoms with E-state index in [1.807, 2.05) is 0 Å². The maximum absolute atomic E-state index is 12.8. The number of rotatable bonds is 2. The van der Waals surface area contributed by atoms with Crippen LogP contribution in [-0.2, 0) is 6.18 Å². The zero-order chi connectivity index (χ0) is 17.5. The van der Waals surface area contributed by atoms with Gasteiger partial charge in [0.15, 0.2) is 5.43 Å². The zero-order valence-corrected chi connectivity index (χ0v) is 12.4. The number of pyridine rings is 1. The maximum atomic E-state index is 12.8. The molecule has 0 aliphatic carbocycles. The molecule has 3 rings (SSSR count). The average molecular weight is 335 g/mol. The summed E-state index contributed by atoms with van der Waals surface area (Å²) < 4.78 is 43.6. The fourth-order valence-corrected chi connectivity index (χ4v) is 2.48. The molecule has 0 bridgehead atoms. The first kappa shape index (κ1) is 15.9. The van der Waals surface area contributed by atoms with Gasteiger partial charge in [0.2, 0.25) is 0 Å². The molecule has 0 aliphatic heterocycles. The van der Waals surface area contributed by atoms with E-state index in [9.17, 15) is 23.1 Å². The summed E-state index contributed by atoms with van der Waals surface area (Å²) in [5.74, 6) is 0.0537. The number of ether oxygens (including phenoxy) is 1. The molecule has 1 heterocycles. The van der Waals surface area contributed by atoms with E-state index in [4.69, 9.17) is 4.74 Å². The van der Waals surface area contributed by atoms with Crippen LogP contribution in [0, 0.1) is 0 Å². The fraction of sp³-hybridized carbons (Fsp3) is 0.118. The predicted octanol–water partition coefficient (Wildman–Crippen LogP) is 3.93. The van der Waals surface area contributed by atoms with E-state index in [0.717, 1.165) is 18.2 Å². The lowest BCUT2D eigenvalue weighted by atomic mass is 10.1. The van der Waals surface area contributed by atoms with Crippen molar-refractivity contribution in [3.05, 3.63) is 58.3 Å². The molecule has 0 unspecified atom stereocenters. The molecule has 2 N–H and O–H groups in total. The first-order valence-electron chi connectivity index (χ1n) is 6.91. The Morgan fingerprint density at radius 3 is 2.54 bits per heavy atom. The second-order valence-electron chi connectivity index (χ2n) is 5.19. The number of hydrogen-bond donors (Lipinski definition) is 2. The van der Waals surface area contributed by atoms with Crippen LogP contribution in [0.1, 0.15) is 5.56 Å². The normalized spacial score (nSPS) is 11.7. The highest BCUT2D eigenvalue weighted by molar-refractivity contribution is 5.88. The Balaban J connectivity index is 2.23. The third-order valence-corrected chi connectivity index (χ3v) is 3.62. The van der Waals surface area contributed by atoms with Gasteiger partial charge in [0.1, 0.15) is 11.5 Å². The summed E-state index contributed by atoms with van der Waals surface area (Å²) in [6, 6.07) is 8.59. The summed E-state index contributed by atoms with van der Waals surface area (Å²) in [5, 5.41) is 9.98. The summed E-state index contributed by atoms with van der Waals surface area (Å²) in [6.07, 6.45) is -4.48. The maximum Gasteiger partial charge on any atom is 0.416 e. The van der Waals surface area contributed by atoms with Crippen molar-refractivity contribution in [3.63, 3.8) is 0 Å². The van der Waals surface area contributed by atoms with Crippen molar-refractivity contribution < 1.29 is 23.0 Å². The van der Waals surface area contributed by atoms with Crippen LogP contribution < -0.4 is 10.2 Å². The van der Waals surface area contributed by atoms with Gasteiger partial charge in [0, 0.05) is 23.9 Å². The molecule has 0 fully saturated rings. The summed E-state index contributed by atoms with van der Waals surface area (Å²) in [6.45, 7) is 0. The van der Waals surface area contributed by atoms with E-state index in [0.29, 0.717) is 5.75 Å². The molecule has 7 heteroatoms. The van der Waals surface area contributed by atoms with Gasteiger partial charge in [0.25, 0.3) is 0 Å². The third kappa shape index (κ3) is 2.80. The number of benzene rings is 2. The van der Waals surface area contributed by atoms with Crippen LogP contribution in [0.25, 0.3) is 22.2 Å².